The molecule has 1 aromatic rings. The number of aromatic nitrogens is 1. The van der Waals surface area contributed by atoms with E-state index in [-0.39, 0.29) is 30.6 Å². The zero-order chi connectivity index (χ0) is 17.6. The average Bonchev–Trinajstić information content (AvgIpc) is 3.46. The molecule has 3 N–H and O–H groups in total. The minimum absolute atomic E-state index is 0.00661. The van der Waals surface area contributed by atoms with Crippen LogP contribution in [-0.4, -0.2) is 53.3 Å². The first kappa shape index (κ1) is 17.8. The zero-order valence-electron chi connectivity index (χ0n) is 14.2. The predicted molar refractivity (Wildman–Crippen MR) is 90.8 cm³/mol. The zero-order valence-corrected chi connectivity index (χ0v) is 14.2. The lowest BCUT2D eigenvalue weighted by Crippen LogP contribution is -2.51. The molecule has 1 aliphatic carbocycles. The predicted octanol–water partition coefficient (Wildman–Crippen LogP) is 0.636. The summed E-state index contributed by atoms with van der Waals surface area (Å²) in [5.41, 5.74) is 0.522. The Kier molecular flexibility index (Phi) is 5.99. The summed E-state index contributed by atoms with van der Waals surface area (Å²) in [7, 11) is 0. The van der Waals surface area contributed by atoms with Crippen LogP contribution in [0.3, 0.4) is 0 Å². The van der Waals surface area contributed by atoms with Gasteiger partial charge in [0.05, 0.1) is 25.2 Å². The van der Waals surface area contributed by atoms with E-state index in [0.29, 0.717) is 30.7 Å². The number of pyridine rings is 1. The molecule has 0 unspecified atom stereocenters. The maximum Gasteiger partial charge on any atom is 0.251 e. The molecule has 1 saturated carbocycles. The summed E-state index contributed by atoms with van der Waals surface area (Å²) in [6.45, 7) is 0.557. The van der Waals surface area contributed by atoms with Crippen molar-refractivity contribution < 1.29 is 19.4 Å². The van der Waals surface area contributed by atoms with Gasteiger partial charge in [0.15, 0.2) is 0 Å². The molecule has 0 bridgehead atoms. The first-order valence-electron chi connectivity index (χ1n) is 8.89. The van der Waals surface area contributed by atoms with Gasteiger partial charge in [-0.3, -0.25) is 14.6 Å². The van der Waals surface area contributed by atoms with Gasteiger partial charge in [-0.1, -0.05) is 0 Å². The number of nitrogens with one attached hydrogen (secondary N) is 2. The molecular formula is C18H25N3O4. The number of rotatable bonds is 7. The molecule has 0 radical (unpaired) electrons. The molecular weight excluding hydrogens is 322 g/mol. The number of aliphatic hydroxyl groups excluding tert-OH is 1. The molecule has 25 heavy (non-hydrogen) atoms. The second-order valence-corrected chi connectivity index (χ2v) is 6.82. The smallest absolute Gasteiger partial charge is 0.251 e. The number of nitrogens with zero attached hydrogens (tertiary/aromatic N) is 1. The molecule has 0 aromatic carbocycles. The lowest BCUT2D eigenvalue weighted by Gasteiger charge is -2.36. The fourth-order valence-electron chi connectivity index (χ4n) is 3.06. The molecule has 7 heteroatoms. The van der Waals surface area contributed by atoms with Gasteiger partial charge in [-0.05, 0) is 43.7 Å². The second kappa shape index (κ2) is 8.40. The fourth-order valence-corrected chi connectivity index (χ4v) is 3.06. The van der Waals surface area contributed by atoms with Crippen molar-refractivity contribution in [1.82, 2.24) is 15.6 Å². The molecule has 1 aliphatic heterocycles. The van der Waals surface area contributed by atoms with Crippen LogP contribution in [0.1, 0.15) is 42.5 Å². The van der Waals surface area contributed by atoms with Gasteiger partial charge in [0.25, 0.3) is 5.91 Å². The van der Waals surface area contributed by atoms with Crippen LogP contribution in [0.4, 0.5) is 0 Å². The van der Waals surface area contributed by atoms with E-state index < -0.39 is 6.10 Å². The number of ether oxygens (including phenoxy) is 1. The van der Waals surface area contributed by atoms with Crippen molar-refractivity contribution in [2.75, 3.05) is 13.2 Å². The van der Waals surface area contributed by atoms with Gasteiger partial charge in [-0.25, -0.2) is 0 Å². The first-order valence-corrected chi connectivity index (χ1v) is 8.89. The van der Waals surface area contributed by atoms with Gasteiger partial charge in [-0.15, -0.1) is 0 Å². The van der Waals surface area contributed by atoms with Crippen LogP contribution in [0.15, 0.2) is 24.5 Å². The molecule has 136 valence electrons. The van der Waals surface area contributed by atoms with Crippen molar-refractivity contribution in [3.63, 3.8) is 0 Å². The van der Waals surface area contributed by atoms with Gasteiger partial charge in [-0.2, -0.15) is 0 Å². The number of amides is 2. The standard InChI is InChI=1S/C18H25N3O4/c22-11-16-15(21-18(24)13-5-7-19-8-6-13)4-3-14(25-16)9-17(23)20-10-12-1-2-12/h5-8,12,14-16,22H,1-4,9-11H2,(H,20,23)(H,21,24)/t14-,15-,16+/m0/s1. The minimum atomic E-state index is -0.499. The largest absolute Gasteiger partial charge is 0.394 e. The van der Waals surface area contributed by atoms with Gasteiger partial charge in [0.2, 0.25) is 5.91 Å². The van der Waals surface area contributed by atoms with E-state index in [9.17, 15) is 14.7 Å². The third-order valence-corrected chi connectivity index (χ3v) is 4.75. The Hall–Kier alpha value is -1.99. The highest BCUT2D eigenvalue weighted by atomic mass is 16.5. The monoisotopic (exact) mass is 347 g/mol. The minimum Gasteiger partial charge on any atom is -0.394 e. The fraction of sp³-hybridized carbons (Fsp3) is 0.611. The third-order valence-electron chi connectivity index (χ3n) is 4.75. The SMILES string of the molecule is O=C(C[C@@H]1CC[C@H](NC(=O)c2ccncc2)[C@@H](CO)O1)NCC1CC1. The molecule has 2 heterocycles. The highest BCUT2D eigenvalue weighted by Gasteiger charge is 2.33. The molecule has 2 fully saturated rings. The Morgan fingerprint density at radius 1 is 1.20 bits per heavy atom. The van der Waals surface area contributed by atoms with Crippen molar-refractivity contribution in [1.29, 1.82) is 0 Å². The Morgan fingerprint density at radius 3 is 2.64 bits per heavy atom. The highest BCUT2D eigenvalue weighted by Crippen LogP contribution is 2.28. The Labute approximate surface area is 147 Å². The van der Waals surface area contributed by atoms with Crippen LogP contribution in [-0.2, 0) is 9.53 Å². The molecule has 1 saturated heterocycles. The van der Waals surface area contributed by atoms with Gasteiger partial charge >= 0.3 is 0 Å². The van der Waals surface area contributed by atoms with Crippen LogP contribution >= 0.6 is 0 Å². The third kappa shape index (κ3) is 5.24. The average molecular weight is 347 g/mol. The van der Waals surface area contributed by atoms with Crippen LogP contribution in [0, 0.1) is 5.92 Å². The van der Waals surface area contributed by atoms with E-state index in [2.05, 4.69) is 15.6 Å². The number of carbonyl (C=O) groups is 2. The molecule has 0 spiro atoms. The van der Waals surface area contributed by atoms with E-state index in [1.807, 2.05) is 0 Å². The molecule has 2 amide bonds. The second-order valence-electron chi connectivity index (χ2n) is 6.82. The molecule has 3 atom stereocenters. The molecule has 1 aromatic heterocycles. The van der Waals surface area contributed by atoms with E-state index in [1.165, 1.54) is 12.8 Å². The highest BCUT2D eigenvalue weighted by molar-refractivity contribution is 5.94. The summed E-state index contributed by atoms with van der Waals surface area (Å²) < 4.78 is 5.84. The summed E-state index contributed by atoms with van der Waals surface area (Å²) in [5, 5.41) is 15.4. The summed E-state index contributed by atoms with van der Waals surface area (Å²) >= 11 is 0. The van der Waals surface area contributed by atoms with Gasteiger partial charge < -0.3 is 20.5 Å². The van der Waals surface area contributed by atoms with Crippen LogP contribution in [0.5, 0.6) is 0 Å². The summed E-state index contributed by atoms with van der Waals surface area (Å²) in [6, 6.07) is 3.01. The Bertz CT molecular complexity index is 591. The molecule has 2 aliphatic rings. The van der Waals surface area contributed by atoms with Crippen LogP contribution in [0.25, 0.3) is 0 Å². The number of hydrogen-bond acceptors (Lipinski definition) is 5. The maximum absolute atomic E-state index is 12.2. The Balaban J connectivity index is 1.47. The van der Waals surface area contributed by atoms with E-state index in [1.54, 1.807) is 24.5 Å². The normalized spacial score (nSPS) is 26.0. The quantitative estimate of drug-likeness (QED) is 0.672. The van der Waals surface area contributed by atoms with Crippen LogP contribution in [0.2, 0.25) is 0 Å². The van der Waals surface area contributed by atoms with Crippen LogP contribution < -0.4 is 10.6 Å². The number of carbonyl (C=O) groups excluding carboxylic acids is 2. The van der Waals surface area contributed by atoms with Crippen molar-refractivity contribution in [3.05, 3.63) is 30.1 Å². The van der Waals surface area contributed by atoms with Crippen molar-refractivity contribution in [2.45, 2.75) is 50.4 Å². The van der Waals surface area contributed by atoms with E-state index in [0.717, 1.165) is 6.54 Å². The van der Waals surface area contributed by atoms with Crippen molar-refractivity contribution in [2.24, 2.45) is 5.92 Å². The van der Waals surface area contributed by atoms with Gasteiger partial charge in [0.1, 0.15) is 6.10 Å². The Morgan fingerprint density at radius 2 is 1.96 bits per heavy atom. The van der Waals surface area contributed by atoms with E-state index in [4.69, 9.17) is 4.74 Å². The lowest BCUT2D eigenvalue weighted by atomic mass is 9.96. The first-order chi connectivity index (χ1) is 12.2. The maximum atomic E-state index is 12.2. The summed E-state index contributed by atoms with van der Waals surface area (Å²) in [4.78, 5) is 28.1. The van der Waals surface area contributed by atoms with E-state index >= 15 is 0 Å². The number of aliphatic hydroxyl groups is 1. The topological polar surface area (TPSA) is 101 Å². The van der Waals surface area contributed by atoms with Gasteiger partial charge in [0, 0.05) is 24.5 Å². The van der Waals surface area contributed by atoms with Crippen molar-refractivity contribution in [3.8, 4) is 0 Å². The summed E-state index contributed by atoms with van der Waals surface area (Å²) in [5.74, 6) is 0.428. The van der Waals surface area contributed by atoms with Crippen molar-refractivity contribution >= 4 is 11.8 Å². The summed E-state index contributed by atoms with van der Waals surface area (Å²) in [6.07, 6.45) is 6.45. The molecule has 3 rings (SSSR count). The lowest BCUT2D eigenvalue weighted by molar-refractivity contribution is -0.130. The number of hydrogen-bond donors (Lipinski definition) is 3. The molecule has 7 nitrogen and oxygen atoms in total.